The highest BCUT2D eigenvalue weighted by Crippen LogP contribution is 2.33. The molecule has 10 nitrogen and oxygen atoms in total. The van der Waals surface area contributed by atoms with Gasteiger partial charge in [0.25, 0.3) is 17.5 Å². The Morgan fingerprint density at radius 3 is 2.33 bits per heavy atom. The van der Waals surface area contributed by atoms with Gasteiger partial charge in [0.2, 0.25) is 0 Å². The SMILES string of the molecule is C[C@@H](C[C@@H](F)Cn1cc(F)c2cc(-c3ncc(C(F)F)c(N)n3)c(F)cc2c1=O)Nc1cnn(COCC[Si](C)(C)C)c(=O)c1C(F)(F)F. The Bertz CT molecular complexity index is 1950. The van der Waals surface area contributed by atoms with E-state index in [1.165, 1.54) is 6.92 Å². The first-order chi connectivity index (χ1) is 22.8. The number of nitrogens with two attached hydrogens (primary N) is 1. The van der Waals surface area contributed by atoms with Crippen LogP contribution in [0.3, 0.4) is 0 Å². The van der Waals surface area contributed by atoms with Crippen LogP contribution in [0.5, 0.6) is 0 Å². The van der Waals surface area contributed by atoms with Crippen molar-refractivity contribution < 1.29 is 39.9 Å². The number of alkyl halides is 6. The number of benzene rings is 1. The third-order valence-corrected chi connectivity index (χ3v) is 9.10. The van der Waals surface area contributed by atoms with E-state index in [1.807, 2.05) is 0 Å². The summed E-state index contributed by atoms with van der Waals surface area (Å²) in [5.41, 5.74) is -0.313. The molecule has 0 fully saturated rings. The highest BCUT2D eigenvalue weighted by atomic mass is 28.3. The van der Waals surface area contributed by atoms with Crippen molar-refractivity contribution in [2.45, 2.75) is 77.1 Å². The predicted octanol–water partition coefficient (Wildman–Crippen LogP) is 6.37. The summed E-state index contributed by atoms with van der Waals surface area (Å²) < 4.78 is 120. The monoisotopic (exact) mass is 719 g/mol. The van der Waals surface area contributed by atoms with Crippen LogP contribution in [0.4, 0.5) is 46.6 Å². The Morgan fingerprint density at radius 2 is 1.71 bits per heavy atom. The van der Waals surface area contributed by atoms with E-state index in [4.69, 9.17) is 10.5 Å². The number of nitrogens with zero attached hydrogens (tertiary/aromatic N) is 5. The van der Waals surface area contributed by atoms with Crippen LogP contribution in [-0.2, 0) is 24.2 Å². The average molecular weight is 720 g/mol. The van der Waals surface area contributed by atoms with Crippen LogP contribution in [0.2, 0.25) is 25.7 Å². The van der Waals surface area contributed by atoms with Gasteiger partial charge < -0.3 is 20.4 Å². The highest BCUT2D eigenvalue weighted by Gasteiger charge is 2.38. The van der Waals surface area contributed by atoms with E-state index in [-0.39, 0.29) is 6.61 Å². The Kier molecular flexibility index (Phi) is 11.2. The van der Waals surface area contributed by atoms with E-state index in [2.05, 4.69) is 40.0 Å². The minimum Gasteiger partial charge on any atom is -0.383 e. The number of anilines is 2. The number of halogens is 8. The van der Waals surface area contributed by atoms with Gasteiger partial charge in [-0.05, 0) is 25.1 Å². The van der Waals surface area contributed by atoms with Crippen LogP contribution >= 0.6 is 0 Å². The molecule has 4 aromatic rings. The minimum atomic E-state index is -5.09. The second-order valence-corrected chi connectivity index (χ2v) is 18.2. The number of rotatable bonds is 13. The molecule has 1 aromatic carbocycles. The zero-order chi connectivity index (χ0) is 36.4. The molecule has 3 N–H and O–H groups in total. The summed E-state index contributed by atoms with van der Waals surface area (Å²) in [6, 6.07) is 1.24. The Hall–Kier alpha value is -4.39. The van der Waals surface area contributed by atoms with Gasteiger partial charge in [0, 0.05) is 44.9 Å². The largest absolute Gasteiger partial charge is 0.423 e. The molecule has 19 heteroatoms. The number of hydrogen-bond acceptors (Lipinski definition) is 8. The number of nitrogen functional groups attached to an aromatic ring is 1. The zero-order valence-corrected chi connectivity index (χ0v) is 27.7. The van der Waals surface area contributed by atoms with Crippen LogP contribution in [0.15, 0.2) is 40.3 Å². The topological polar surface area (TPSA) is 130 Å². The summed E-state index contributed by atoms with van der Waals surface area (Å²) in [6.07, 6.45) is -8.35. The van der Waals surface area contributed by atoms with Crippen molar-refractivity contribution in [1.82, 2.24) is 24.3 Å². The van der Waals surface area contributed by atoms with Crippen molar-refractivity contribution >= 4 is 30.4 Å². The lowest BCUT2D eigenvalue weighted by atomic mass is 10.1. The number of pyridine rings is 1. The number of nitrogens with one attached hydrogen (secondary N) is 1. The molecular weight excluding hydrogens is 686 g/mol. The molecule has 0 aliphatic carbocycles. The normalized spacial score (nSPS) is 13.7. The maximum Gasteiger partial charge on any atom is 0.423 e. The van der Waals surface area contributed by atoms with Crippen molar-refractivity contribution in [2.75, 3.05) is 17.7 Å². The summed E-state index contributed by atoms with van der Waals surface area (Å²) >= 11 is 0. The second-order valence-electron chi connectivity index (χ2n) is 12.6. The molecular formula is C30H33F8N7O3Si. The lowest BCUT2D eigenvalue weighted by molar-refractivity contribution is -0.138. The lowest BCUT2D eigenvalue weighted by Gasteiger charge is -2.21. The number of ether oxygens (including phenoxy) is 1. The first kappa shape index (κ1) is 37.4. The molecule has 2 atom stereocenters. The third-order valence-electron chi connectivity index (χ3n) is 7.39. The fourth-order valence-corrected chi connectivity index (χ4v) is 5.62. The van der Waals surface area contributed by atoms with Crippen molar-refractivity contribution in [2.24, 2.45) is 0 Å². The summed E-state index contributed by atoms with van der Waals surface area (Å²) in [7, 11) is -1.49. The summed E-state index contributed by atoms with van der Waals surface area (Å²) in [5.74, 6) is -3.25. The van der Waals surface area contributed by atoms with Crippen molar-refractivity contribution in [3.05, 3.63) is 74.2 Å². The van der Waals surface area contributed by atoms with Crippen LogP contribution < -0.4 is 22.2 Å². The van der Waals surface area contributed by atoms with Gasteiger partial charge in [-0.1, -0.05) is 19.6 Å². The van der Waals surface area contributed by atoms with E-state index in [0.717, 1.165) is 18.3 Å². The Balaban J connectivity index is 1.51. The van der Waals surface area contributed by atoms with Crippen LogP contribution in [0.1, 0.15) is 30.9 Å². The molecule has 49 heavy (non-hydrogen) atoms. The molecule has 3 aromatic heterocycles. The van der Waals surface area contributed by atoms with Gasteiger partial charge in [-0.2, -0.15) is 18.3 Å². The Morgan fingerprint density at radius 1 is 1.02 bits per heavy atom. The fourth-order valence-electron chi connectivity index (χ4n) is 4.87. The quantitative estimate of drug-likeness (QED) is 0.0927. The van der Waals surface area contributed by atoms with E-state index in [1.54, 1.807) is 0 Å². The minimum absolute atomic E-state index is 0.241. The smallest absolute Gasteiger partial charge is 0.383 e. The first-order valence-electron chi connectivity index (χ1n) is 14.9. The molecule has 0 amide bonds. The standard InChI is InChI=1S/C30H33F8N7O3Si/c1-15(42-23-11-41-45(14-48-5-6-49(2,3)4)29(47)24(23)30(36,37)38)7-16(31)12-44-13-22(33)17-8-19(21(32)9-18(17)28(44)46)27-40-10-20(25(34)35)26(39)43-27/h8-11,13,15-16,25,42H,5-7,12,14H2,1-4H3,(H2,39,40,43)/t15-,16+/m0/s1. The Labute approximate surface area is 274 Å². The molecule has 0 unspecified atom stereocenters. The maximum atomic E-state index is 15.2. The summed E-state index contributed by atoms with van der Waals surface area (Å²) in [5, 5.41) is 5.32. The molecule has 0 aliphatic heterocycles. The van der Waals surface area contributed by atoms with Crippen LogP contribution in [0, 0.1) is 11.6 Å². The molecule has 4 rings (SSSR count). The second kappa shape index (κ2) is 14.6. The van der Waals surface area contributed by atoms with Gasteiger partial charge in [-0.25, -0.2) is 36.6 Å². The summed E-state index contributed by atoms with van der Waals surface area (Å²) in [6.45, 7) is 6.58. The molecule has 3 heterocycles. The van der Waals surface area contributed by atoms with Crippen molar-refractivity contribution in [3.63, 3.8) is 0 Å². The number of hydrogen-bond donors (Lipinski definition) is 2. The van der Waals surface area contributed by atoms with Gasteiger partial charge in [0.05, 0.1) is 34.9 Å². The molecule has 0 saturated carbocycles. The summed E-state index contributed by atoms with van der Waals surface area (Å²) in [4.78, 5) is 33.0. The van der Waals surface area contributed by atoms with Gasteiger partial charge in [0.15, 0.2) is 5.82 Å². The highest BCUT2D eigenvalue weighted by molar-refractivity contribution is 6.76. The lowest BCUT2D eigenvalue weighted by Crippen LogP contribution is -2.34. The van der Waals surface area contributed by atoms with E-state index < -0.39 is 120 Å². The van der Waals surface area contributed by atoms with Gasteiger partial charge in [0.1, 0.15) is 35.9 Å². The van der Waals surface area contributed by atoms with E-state index in [0.29, 0.717) is 27.7 Å². The molecule has 0 aliphatic rings. The third kappa shape index (κ3) is 9.00. The molecule has 0 spiro atoms. The van der Waals surface area contributed by atoms with Crippen molar-refractivity contribution in [1.29, 1.82) is 0 Å². The van der Waals surface area contributed by atoms with Crippen molar-refractivity contribution in [3.8, 4) is 11.4 Å². The van der Waals surface area contributed by atoms with Crippen LogP contribution in [0.25, 0.3) is 22.2 Å². The first-order valence-corrected chi connectivity index (χ1v) is 18.6. The fraction of sp³-hybridized carbons (Fsp3) is 0.433. The van der Waals surface area contributed by atoms with Gasteiger partial charge in [-0.3, -0.25) is 9.59 Å². The predicted molar refractivity (Wildman–Crippen MR) is 169 cm³/mol. The van der Waals surface area contributed by atoms with Gasteiger partial charge >= 0.3 is 6.18 Å². The maximum absolute atomic E-state index is 15.2. The average Bonchev–Trinajstić information content (AvgIpc) is 2.97. The van der Waals surface area contributed by atoms with Crippen LogP contribution in [-0.4, -0.2) is 51.2 Å². The van der Waals surface area contributed by atoms with E-state index in [9.17, 15) is 31.5 Å². The zero-order valence-electron chi connectivity index (χ0n) is 26.7. The molecule has 0 saturated heterocycles. The van der Waals surface area contributed by atoms with E-state index >= 15 is 13.2 Å². The van der Waals surface area contributed by atoms with Gasteiger partial charge in [-0.15, -0.1) is 0 Å². The number of aromatic nitrogens is 5. The molecule has 0 radical (unpaired) electrons. The number of fused-ring (bicyclic) bond motifs is 1. The molecule has 0 bridgehead atoms. The molecule has 266 valence electrons.